The van der Waals surface area contributed by atoms with E-state index in [1.54, 1.807) is 0 Å². The van der Waals surface area contributed by atoms with Gasteiger partial charge in [0.05, 0.1) is 11.5 Å². The molecular formula is C15H24N2O. The first-order valence-electron chi connectivity index (χ1n) is 6.65. The lowest BCUT2D eigenvalue weighted by Gasteiger charge is -2.30. The molecule has 3 heteroatoms. The second-order valence-electron chi connectivity index (χ2n) is 4.80. The maximum atomic E-state index is 12.4. The molecule has 0 aliphatic heterocycles. The molecule has 0 aliphatic carbocycles. The highest BCUT2D eigenvalue weighted by Gasteiger charge is 2.33. The maximum absolute atomic E-state index is 12.4. The number of carbonyl (C=O) groups is 1. The minimum Gasteiger partial charge on any atom is -0.349 e. The van der Waals surface area contributed by atoms with E-state index in [4.69, 9.17) is 5.73 Å². The molecule has 1 unspecified atom stereocenters. The Morgan fingerprint density at radius 2 is 1.83 bits per heavy atom. The normalized spacial score (nSPS) is 13.1. The van der Waals surface area contributed by atoms with Gasteiger partial charge in [-0.2, -0.15) is 0 Å². The SMILES string of the molecule is CCC(CC)(CN)C(=O)NC(C)c1ccccc1. The van der Waals surface area contributed by atoms with Gasteiger partial charge in [0, 0.05) is 6.54 Å². The van der Waals surface area contributed by atoms with Crippen molar-refractivity contribution in [2.24, 2.45) is 11.1 Å². The van der Waals surface area contributed by atoms with Crippen molar-refractivity contribution in [2.75, 3.05) is 6.54 Å². The van der Waals surface area contributed by atoms with Crippen LogP contribution in [0.15, 0.2) is 30.3 Å². The molecule has 0 saturated heterocycles. The number of rotatable bonds is 6. The van der Waals surface area contributed by atoms with Crippen LogP contribution in [0.3, 0.4) is 0 Å². The summed E-state index contributed by atoms with van der Waals surface area (Å²) in [5, 5.41) is 3.07. The van der Waals surface area contributed by atoms with Crippen LogP contribution in [-0.4, -0.2) is 12.5 Å². The molecule has 1 rings (SSSR count). The Bertz CT molecular complexity index is 363. The van der Waals surface area contributed by atoms with Gasteiger partial charge in [-0.1, -0.05) is 44.2 Å². The van der Waals surface area contributed by atoms with Crippen molar-refractivity contribution >= 4 is 5.91 Å². The summed E-state index contributed by atoms with van der Waals surface area (Å²) in [5.74, 6) is 0.0614. The molecule has 3 N–H and O–H groups in total. The first-order chi connectivity index (χ1) is 8.59. The monoisotopic (exact) mass is 248 g/mol. The van der Waals surface area contributed by atoms with Crippen LogP contribution in [-0.2, 0) is 4.79 Å². The average molecular weight is 248 g/mol. The van der Waals surface area contributed by atoms with E-state index < -0.39 is 5.41 Å². The fourth-order valence-corrected chi connectivity index (χ4v) is 2.13. The van der Waals surface area contributed by atoms with E-state index in [1.807, 2.05) is 51.1 Å². The Hall–Kier alpha value is -1.35. The van der Waals surface area contributed by atoms with Gasteiger partial charge in [0.15, 0.2) is 0 Å². The van der Waals surface area contributed by atoms with Gasteiger partial charge in [0.1, 0.15) is 0 Å². The number of nitrogens with one attached hydrogen (secondary N) is 1. The Balaban J connectivity index is 2.75. The van der Waals surface area contributed by atoms with Crippen molar-refractivity contribution in [1.29, 1.82) is 0 Å². The number of carbonyl (C=O) groups excluding carboxylic acids is 1. The van der Waals surface area contributed by atoms with Gasteiger partial charge in [0.2, 0.25) is 5.91 Å². The molecule has 0 spiro atoms. The average Bonchev–Trinajstić information content (AvgIpc) is 2.42. The van der Waals surface area contributed by atoms with Crippen molar-refractivity contribution in [3.63, 3.8) is 0 Å². The molecule has 1 aromatic carbocycles. The standard InChI is InChI=1S/C15H24N2O/c1-4-15(5-2,11-16)14(18)17-12(3)13-9-7-6-8-10-13/h6-10,12H,4-5,11,16H2,1-3H3,(H,17,18). The third-order valence-electron chi connectivity index (χ3n) is 3.87. The topological polar surface area (TPSA) is 55.1 Å². The number of hydrogen-bond acceptors (Lipinski definition) is 2. The highest BCUT2D eigenvalue weighted by Crippen LogP contribution is 2.26. The minimum absolute atomic E-state index is 0.0164. The summed E-state index contributed by atoms with van der Waals surface area (Å²) in [4.78, 5) is 12.4. The first kappa shape index (κ1) is 14.7. The van der Waals surface area contributed by atoms with Gasteiger partial charge in [0.25, 0.3) is 0 Å². The summed E-state index contributed by atoms with van der Waals surface area (Å²) in [5.41, 5.74) is 6.47. The fourth-order valence-electron chi connectivity index (χ4n) is 2.13. The zero-order valence-electron chi connectivity index (χ0n) is 11.6. The van der Waals surface area contributed by atoms with Crippen LogP contribution in [0.4, 0.5) is 0 Å². The van der Waals surface area contributed by atoms with Crippen molar-refractivity contribution in [1.82, 2.24) is 5.32 Å². The molecule has 3 nitrogen and oxygen atoms in total. The highest BCUT2D eigenvalue weighted by atomic mass is 16.2. The molecule has 0 radical (unpaired) electrons. The van der Waals surface area contributed by atoms with Crippen molar-refractivity contribution in [3.8, 4) is 0 Å². The number of amides is 1. The molecule has 0 saturated carbocycles. The predicted molar refractivity (Wildman–Crippen MR) is 75.1 cm³/mol. The fraction of sp³-hybridized carbons (Fsp3) is 0.533. The molecule has 0 aliphatic rings. The van der Waals surface area contributed by atoms with Gasteiger partial charge < -0.3 is 11.1 Å². The zero-order valence-corrected chi connectivity index (χ0v) is 11.6. The predicted octanol–water partition coefficient (Wildman–Crippen LogP) is 2.63. The van der Waals surface area contributed by atoms with Crippen LogP contribution in [0.2, 0.25) is 0 Å². The van der Waals surface area contributed by atoms with E-state index in [0.717, 1.165) is 18.4 Å². The van der Waals surface area contributed by atoms with Gasteiger partial charge in [-0.3, -0.25) is 4.79 Å². The number of hydrogen-bond donors (Lipinski definition) is 2. The lowest BCUT2D eigenvalue weighted by atomic mass is 9.81. The van der Waals surface area contributed by atoms with E-state index in [2.05, 4.69) is 5.32 Å². The van der Waals surface area contributed by atoms with Crippen molar-refractivity contribution < 1.29 is 4.79 Å². The molecule has 0 fully saturated rings. The minimum atomic E-state index is -0.428. The van der Waals surface area contributed by atoms with Gasteiger partial charge in [-0.05, 0) is 25.3 Å². The highest BCUT2D eigenvalue weighted by molar-refractivity contribution is 5.83. The van der Waals surface area contributed by atoms with E-state index in [9.17, 15) is 4.79 Å². The Morgan fingerprint density at radius 1 is 1.28 bits per heavy atom. The second-order valence-corrected chi connectivity index (χ2v) is 4.80. The van der Waals surface area contributed by atoms with Gasteiger partial charge in [-0.15, -0.1) is 0 Å². The number of benzene rings is 1. The summed E-state index contributed by atoms with van der Waals surface area (Å²) >= 11 is 0. The third-order valence-corrected chi connectivity index (χ3v) is 3.87. The van der Waals surface area contributed by atoms with Crippen LogP contribution < -0.4 is 11.1 Å². The summed E-state index contributed by atoms with van der Waals surface area (Å²) in [6.07, 6.45) is 1.54. The Labute approximate surface area is 110 Å². The zero-order chi connectivity index (χ0) is 13.6. The van der Waals surface area contributed by atoms with Gasteiger partial charge in [-0.25, -0.2) is 0 Å². The van der Waals surface area contributed by atoms with Crippen molar-refractivity contribution in [3.05, 3.63) is 35.9 Å². The van der Waals surface area contributed by atoms with E-state index in [0.29, 0.717) is 6.54 Å². The summed E-state index contributed by atoms with van der Waals surface area (Å²) in [7, 11) is 0. The van der Waals surface area contributed by atoms with Crippen LogP contribution in [0.25, 0.3) is 0 Å². The van der Waals surface area contributed by atoms with Crippen LogP contribution >= 0.6 is 0 Å². The lowest BCUT2D eigenvalue weighted by molar-refractivity contribution is -0.131. The maximum Gasteiger partial charge on any atom is 0.227 e. The summed E-state index contributed by atoms with van der Waals surface area (Å²) in [6.45, 7) is 6.43. The van der Waals surface area contributed by atoms with Gasteiger partial charge >= 0.3 is 0 Å². The summed E-state index contributed by atoms with van der Waals surface area (Å²) in [6, 6.07) is 9.99. The first-order valence-corrected chi connectivity index (χ1v) is 6.65. The number of nitrogens with two attached hydrogens (primary N) is 1. The molecular weight excluding hydrogens is 224 g/mol. The third kappa shape index (κ3) is 3.10. The van der Waals surface area contributed by atoms with Crippen LogP contribution in [0.5, 0.6) is 0 Å². The molecule has 18 heavy (non-hydrogen) atoms. The quantitative estimate of drug-likeness (QED) is 0.813. The lowest BCUT2D eigenvalue weighted by Crippen LogP contribution is -2.46. The Kier molecular flexibility index (Phi) is 5.35. The second kappa shape index (κ2) is 6.55. The molecule has 0 aromatic heterocycles. The molecule has 0 heterocycles. The van der Waals surface area contributed by atoms with E-state index >= 15 is 0 Å². The van der Waals surface area contributed by atoms with E-state index in [1.165, 1.54) is 0 Å². The Morgan fingerprint density at radius 3 is 2.28 bits per heavy atom. The van der Waals surface area contributed by atoms with E-state index in [-0.39, 0.29) is 11.9 Å². The summed E-state index contributed by atoms with van der Waals surface area (Å²) < 4.78 is 0. The largest absolute Gasteiger partial charge is 0.349 e. The van der Waals surface area contributed by atoms with Crippen LogP contribution in [0.1, 0.15) is 45.2 Å². The molecule has 0 bridgehead atoms. The van der Waals surface area contributed by atoms with Crippen molar-refractivity contribution in [2.45, 2.75) is 39.7 Å². The molecule has 100 valence electrons. The molecule has 1 aromatic rings. The van der Waals surface area contributed by atoms with Crippen LogP contribution in [0, 0.1) is 5.41 Å². The molecule has 1 atom stereocenters. The molecule has 1 amide bonds. The smallest absolute Gasteiger partial charge is 0.227 e.